The van der Waals surface area contributed by atoms with E-state index < -0.39 is 77.9 Å². The van der Waals surface area contributed by atoms with Crippen LogP contribution in [0.25, 0.3) is 0 Å². The zero-order chi connectivity index (χ0) is 39.9. The maximum Gasteiger partial charge on any atom is 0.427 e. The molecule has 0 spiro atoms. The molecular weight excluding hydrogens is 714 g/mol. The van der Waals surface area contributed by atoms with Crippen LogP contribution >= 0.6 is 0 Å². The summed E-state index contributed by atoms with van der Waals surface area (Å²) in [6.07, 6.45) is -8.24. The number of aliphatic hydroxyl groups is 1. The predicted octanol–water partition coefficient (Wildman–Crippen LogP) is 6.47. The lowest BCUT2D eigenvalue weighted by atomic mass is 9.92. The summed E-state index contributed by atoms with van der Waals surface area (Å²) in [6, 6.07) is 17.4. The van der Waals surface area contributed by atoms with Crippen molar-refractivity contribution in [2.24, 2.45) is 0 Å². The number of nitrogens with zero attached hydrogens (tertiary/aromatic N) is 4. The van der Waals surface area contributed by atoms with Gasteiger partial charge in [0, 0.05) is 5.56 Å². The second-order valence-electron chi connectivity index (χ2n) is 16.4. The summed E-state index contributed by atoms with van der Waals surface area (Å²) >= 11 is 0. The number of benzene rings is 2. The van der Waals surface area contributed by atoms with Crippen molar-refractivity contribution in [3.63, 3.8) is 0 Å². The van der Waals surface area contributed by atoms with Gasteiger partial charge in [0.15, 0.2) is 18.3 Å². The van der Waals surface area contributed by atoms with E-state index in [-0.39, 0.29) is 30.6 Å². The highest BCUT2D eigenvalue weighted by Gasteiger charge is 2.56. The van der Waals surface area contributed by atoms with Crippen LogP contribution in [0.5, 0.6) is 5.88 Å². The molecule has 6 rings (SSSR count). The van der Waals surface area contributed by atoms with E-state index in [1.165, 1.54) is 0 Å². The first-order valence-electron chi connectivity index (χ1n) is 18.1. The number of amides is 3. The largest absolute Gasteiger partial charge is 0.471 e. The number of aliphatic hydroxyl groups excluding tert-OH is 1. The number of carbonyl (C=O) groups excluding carboxylic acids is 3. The molecule has 3 aliphatic rings. The highest BCUT2D eigenvalue weighted by atomic mass is 16.7. The van der Waals surface area contributed by atoms with Crippen LogP contribution < -0.4 is 19.9 Å². The van der Waals surface area contributed by atoms with Gasteiger partial charge in [0.2, 0.25) is 11.8 Å². The van der Waals surface area contributed by atoms with Gasteiger partial charge in [-0.25, -0.2) is 19.3 Å². The summed E-state index contributed by atoms with van der Waals surface area (Å²) in [5.74, 6) is -0.869. The van der Waals surface area contributed by atoms with E-state index in [2.05, 4.69) is 15.3 Å². The lowest BCUT2D eigenvalue weighted by molar-refractivity contribution is -0.311. The van der Waals surface area contributed by atoms with Crippen molar-refractivity contribution in [2.75, 3.05) is 21.7 Å². The summed E-state index contributed by atoms with van der Waals surface area (Å²) in [4.78, 5) is 52.7. The average Bonchev–Trinajstić information content (AvgIpc) is 3.08. The molecule has 0 saturated carbocycles. The Morgan fingerprint density at radius 1 is 0.836 bits per heavy atom. The number of ether oxygens (including phenoxy) is 7. The molecule has 3 aliphatic heterocycles. The van der Waals surface area contributed by atoms with Crippen LogP contribution in [-0.4, -0.2) is 87.3 Å². The predicted molar refractivity (Wildman–Crippen MR) is 199 cm³/mol. The van der Waals surface area contributed by atoms with Crippen molar-refractivity contribution < 1.29 is 52.6 Å². The fraction of sp³-hybridized carbons (Fsp3) is 0.513. The molecule has 2 N–H and O–H groups in total. The van der Waals surface area contributed by atoms with Crippen LogP contribution in [-0.2, 0) is 35.0 Å². The first kappa shape index (κ1) is 39.7. The molecule has 3 aromatic rings. The molecule has 16 nitrogen and oxygen atoms in total. The van der Waals surface area contributed by atoms with Crippen molar-refractivity contribution >= 4 is 35.7 Å². The molecule has 2 saturated heterocycles. The zero-order valence-corrected chi connectivity index (χ0v) is 32.5. The molecule has 296 valence electrons. The minimum Gasteiger partial charge on any atom is -0.471 e. The zero-order valence-electron chi connectivity index (χ0n) is 32.5. The van der Waals surface area contributed by atoms with Crippen molar-refractivity contribution in [3.8, 4) is 5.88 Å². The third kappa shape index (κ3) is 9.27. The van der Waals surface area contributed by atoms with Crippen LogP contribution in [0, 0.1) is 0 Å². The number of rotatable bonds is 5. The fourth-order valence-electron chi connectivity index (χ4n) is 6.05. The number of hydrogen-bond donors (Lipinski definition) is 2. The van der Waals surface area contributed by atoms with Gasteiger partial charge in [-0.05, 0) is 67.9 Å². The van der Waals surface area contributed by atoms with Gasteiger partial charge in [-0.1, -0.05) is 60.7 Å². The highest BCUT2D eigenvalue weighted by molar-refractivity contribution is 6.08. The first-order chi connectivity index (χ1) is 25.8. The smallest absolute Gasteiger partial charge is 0.427 e. The second kappa shape index (κ2) is 15.2. The van der Waals surface area contributed by atoms with Gasteiger partial charge in [-0.15, -0.1) is 4.90 Å². The topological polar surface area (TPSA) is 180 Å². The van der Waals surface area contributed by atoms with E-state index in [1.54, 1.807) is 62.3 Å². The quantitative estimate of drug-likeness (QED) is 0.270. The maximum atomic E-state index is 14.3. The summed E-state index contributed by atoms with van der Waals surface area (Å²) in [5, 5.41) is 15.3. The van der Waals surface area contributed by atoms with E-state index in [0.29, 0.717) is 4.90 Å². The van der Waals surface area contributed by atoms with Gasteiger partial charge < -0.3 is 43.6 Å². The van der Waals surface area contributed by atoms with Gasteiger partial charge in [0.25, 0.3) is 0 Å². The first-order valence-corrected chi connectivity index (χ1v) is 18.1. The minimum atomic E-state index is -1.28. The van der Waals surface area contributed by atoms with Crippen molar-refractivity contribution in [1.82, 2.24) is 9.97 Å². The minimum absolute atomic E-state index is 0.0189. The maximum absolute atomic E-state index is 14.3. The number of anilines is 3. The molecule has 0 aliphatic carbocycles. The van der Waals surface area contributed by atoms with E-state index in [9.17, 15) is 19.5 Å². The molecule has 6 unspecified atom stereocenters. The molecule has 3 amide bonds. The Bertz CT molecular complexity index is 1830. The van der Waals surface area contributed by atoms with Gasteiger partial charge in [0.1, 0.15) is 53.5 Å². The average molecular weight is 764 g/mol. The molecule has 4 heterocycles. The Kier molecular flexibility index (Phi) is 11.0. The number of fused-ring (bicyclic) bond motifs is 3. The Morgan fingerprint density at radius 3 is 2.00 bits per heavy atom. The molecule has 0 bridgehead atoms. The van der Waals surface area contributed by atoms with Crippen LogP contribution in [0.1, 0.15) is 79.7 Å². The number of nitrogens with one attached hydrogen (secondary N) is 1. The van der Waals surface area contributed by atoms with Crippen molar-refractivity contribution in [2.45, 2.75) is 123 Å². The van der Waals surface area contributed by atoms with Crippen LogP contribution in [0.3, 0.4) is 0 Å². The third-order valence-corrected chi connectivity index (χ3v) is 8.26. The summed E-state index contributed by atoms with van der Waals surface area (Å²) in [6.45, 7) is 14.9. The molecule has 1 aromatic heterocycles. The number of imide groups is 1. The molecule has 16 heteroatoms. The standard InChI is InChI=1S/C39H49N5O11/c1-37(2,3)53-34(46)43-29-26(40-25-27(45)28-24(51-31(25)43)21-50-32(52-28)23-18-14-11-15-19-23)30(49-20-22-16-12-10-13-17-22)42-33(41-29)44(35(47)54-38(4,5)6)36(48)55-39(7,8)9/h10-19,24-25,27-28,31-32,40,45H,20-21H2,1-9H3. The van der Waals surface area contributed by atoms with Crippen LogP contribution in [0.2, 0.25) is 0 Å². The van der Waals surface area contributed by atoms with Gasteiger partial charge in [0.05, 0.1) is 6.61 Å². The van der Waals surface area contributed by atoms with Crippen molar-refractivity contribution in [3.05, 3.63) is 71.8 Å². The number of aromatic nitrogens is 2. The Labute approximate surface area is 320 Å². The van der Waals surface area contributed by atoms with E-state index >= 15 is 0 Å². The Balaban J connectivity index is 1.48. The molecule has 2 aromatic carbocycles. The Hall–Kier alpha value is -5.03. The van der Waals surface area contributed by atoms with Crippen molar-refractivity contribution in [1.29, 1.82) is 0 Å². The molecule has 2 fully saturated rings. The SMILES string of the molecule is CC(C)(C)OC(=O)N(C(=O)OC(C)(C)C)c1nc(OCc2ccccc2)c2c(n1)N(C(=O)OC(C)(C)C)C1OC3COC(c4ccccc4)OC3C(O)C1N2. The lowest BCUT2D eigenvalue weighted by Gasteiger charge is -2.52. The summed E-state index contributed by atoms with van der Waals surface area (Å²) < 4.78 is 42.1. The molecule has 0 radical (unpaired) electrons. The van der Waals surface area contributed by atoms with Crippen LogP contribution in [0.4, 0.5) is 31.8 Å². The summed E-state index contributed by atoms with van der Waals surface area (Å²) in [7, 11) is 0. The van der Waals surface area contributed by atoms with E-state index in [0.717, 1.165) is 16.0 Å². The van der Waals surface area contributed by atoms with E-state index in [4.69, 9.17) is 33.2 Å². The molecule has 55 heavy (non-hydrogen) atoms. The summed E-state index contributed by atoms with van der Waals surface area (Å²) in [5.41, 5.74) is -1.51. The molecule has 6 atom stereocenters. The number of hydrogen-bond acceptors (Lipinski definition) is 14. The lowest BCUT2D eigenvalue weighted by Crippen LogP contribution is -2.70. The monoisotopic (exact) mass is 763 g/mol. The third-order valence-electron chi connectivity index (χ3n) is 8.26. The molecular formula is C39H49N5O11. The van der Waals surface area contributed by atoms with E-state index in [1.807, 2.05) is 60.7 Å². The number of carbonyl (C=O) groups is 3. The Morgan fingerprint density at radius 2 is 1.42 bits per heavy atom. The normalized spacial score (nSPS) is 23.6. The van der Waals surface area contributed by atoms with Gasteiger partial charge >= 0.3 is 18.3 Å². The second-order valence-corrected chi connectivity index (χ2v) is 16.4. The van der Waals surface area contributed by atoms with Gasteiger partial charge in [-0.3, -0.25) is 0 Å². The highest BCUT2D eigenvalue weighted by Crippen LogP contribution is 2.46. The van der Waals surface area contributed by atoms with Crippen LogP contribution in [0.15, 0.2) is 60.7 Å². The van der Waals surface area contributed by atoms with Gasteiger partial charge in [-0.2, -0.15) is 9.97 Å². The fourth-order valence-corrected chi connectivity index (χ4v) is 6.05.